The molecule has 3 rings (SSSR count). The van der Waals surface area contributed by atoms with Crippen LogP contribution in [0.3, 0.4) is 0 Å². The molecule has 19 heavy (non-hydrogen) atoms. The van der Waals surface area contributed by atoms with Gasteiger partial charge in [-0.3, -0.25) is 0 Å². The highest BCUT2D eigenvalue weighted by Crippen LogP contribution is 2.50. The Morgan fingerprint density at radius 2 is 1.58 bits per heavy atom. The van der Waals surface area contributed by atoms with Crippen LogP contribution in [0, 0.1) is 6.92 Å². The number of hydrogen-bond acceptors (Lipinski definition) is 1. The van der Waals surface area contributed by atoms with E-state index < -0.39 is 0 Å². The minimum absolute atomic E-state index is 0.000116. The van der Waals surface area contributed by atoms with E-state index in [0.29, 0.717) is 0 Å². The third kappa shape index (κ3) is 1.68. The maximum Gasteiger partial charge on any atom is 0.134 e. The van der Waals surface area contributed by atoms with Gasteiger partial charge >= 0.3 is 0 Å². The molecule has 0 amide bonds. The molecular weight excluding hydrogens is 232 g/mol. The molecule has 0 aromatic heterocycles. The minimum atomic E-state index is 0.000116. The lowest BCUT2D eigenvalue weighted by molar-refractivity contribution is 0.410. The Balaban J connectivity index is 2.30. The van der Waals surface area contributed by atoms with Crippen molar-refractivity contribution in [2.24, 2.45) is 0 Å². The van der Waals surface area contributed by atoms with Crippen molar-refractivity contribution >= 4 is 0 Å². The lowest BCUT2D eigenvalue weighted by Crippen LogP contribution is -2.25. The average Bonchev–Trinajstić information content (AvgIpc) is 2.40. The van der Waals surface area contributed by atoms with E-state index in [1.54, 1.807) is 0 Å². The lowest BCUT2D eigenvalue weighted by atomic mass is 9.74. The molecule has 1 heteroatoms. The molecule has 0 unspecified atom stereocenters. The number of rotatable bonds is 1. The van der Waals surface area contributed by atoms with Gasteiger partial charge in [-0.2, -0.15) is 0 Å². The normalized spacial score (nSPS) is 15.4. The zero-order chi connectivity index (χ0) is 13.6. The molecule has 1 aliphatic rings. The van der Waals surface area contributed by atoms with E-state index in [-0.39, 0.29) is 5.41 Å². The van der Waals surface area contributed by atoms with E-state index in [2.05, 4.69) is 64.1 Å². The molecule has 0 atom stereocenters. The van der Waals surface area contributed by atoms with Gasteiger partial charge in [-0.25, -0.2) is 0 Å². The van der Waals surface area contributed by atoms with Crippen LogP contribution in [0.4, 0.5) is 0 Å². The van der Waals surface area contributed by atoms with Crippen LogP contribution in [0.5, 0.6) is 11.5 Å². The monoisotopic (exact) mass is 252 g/mol. The average molecular weight is 252 g/mol. The molecule has 0 spiro atoms. The fourth-order valence-electron chi connectivity index (χ4n) is 3.00. The third-order valence-corrected chi connectivity index (χ3v) is 4.24. The summed E-state index contributed by atoms with van der Waals surface area (Å²) in [5.41, 5.74) is 5.08. The number of hydrogen-bond donors (Lipinski definition) is 0. The first kappa shape index (κ1) is 12.3. The summed E-state index contributed by atoms with van der Waals surface area (Å²) in [5, 5.41) is 0. The predicted molar refractivity (Wildman–Crippen MR) is 79.2 cm³/mol. The zero-order valence-corrected chi connectivity index (χ0v) is 12.1. The number of fused-ring (bicyclic) bond motifs is 2. The Morgan fingerprint density at radius 3 is 2.26 bits per heavy atom. The van der Waals surface area contributed by atoms with E-state index in [4.69, 9.17) is 4.74 Å². The summed E-state index contributed by atoms with van der Waals surface area (Å²) >= 11 is 0. The van der Waals surface area contributed by atoms with E-state index >= 15 is 0 Å². The summed E-state index contributed by atoms with van der Waals surface area (Å²) in [6.07, 6.45) is 1.00. The standard InChI is InChI=1S/C18H20O/c1-5-13-9-7-11-15-17(13)19-16-12(2)8-6-10-14(16)18(15,3)4/h6-11H,5H2,1-4H3. The minimum Gasteiger partial charge on any atom is -0.456 e. The summed E-state index contributed by atoms with van der Waals surface area (Å²) in [6, 6.07) is 12.9. The predicted octanol–water partition coefficient (Wildman–Crippen LogP) is 4.99. The number of benzene rings is 2. The van der Waals surface area contributed by atoms with Crippen molar-refractivity contribution in [3.63, 3.8) is 0 Å². The zero-order valence-electron chi connectivity index (χ0n) is 12.1. The molecule has 0 bridgehead atoms. The fraction of sp³-hybridized carbons (Fsp3) is 0.333. The maximum absolute atomic E-state index is 6.27. The third-order valence-electron chi connectivity index (χ3n) is 4.24. The van der Waals surface area contributed by atoms with E-state index in [1.807, 2.05) is 0 Å². The van der Waals surface area contributed by atoms with Gasteiger partial charge in [0.2, 0.25) is 0 Å². The molecule has 0 N–H and O–H groups in total. The molecule has 0 radical (unpaired) electrons. The summed E-state index contributed by atoms with van der Waals surface area (Å²) in [5.74, 6) is 2.11. The van der Waals surface area contributed by atoms with Gasteiger partial charge in [0, 0.05) is 16.5 Å². The largest absolute Gasteiger partial charge is 0.456 e. The van der Waals surface area contributed by atoms with Crippen LogP contribution in [0.15, 0.2) is 36.4 Å². The summed E-state index contributed by atoms with van der Waals surface area (Å²) < 4.78 is 6.27. The Kier molecular flexibility index (Phi) is 2.67. The SMILES string of the molecule is CCc1cccc2c1Oc1c(C)cccc1C2(C)C. The first-order valence-corrected chi connectivity index (χ1v) is 6.96. The second-order valence-corrected chi connectivity index (χ2v) is 5.83. The second-order valence-electron chi connectivity index (χ2n) is 5.83. The highest BCUT2D eigenvalue weighted by molar-refractivity contribution is 5.60. The maximum atomic E-state index is 6.27. The molecule has 98 valence electrons. The van der Waals surface area contributed by atoms with Gasteiger partial charge in [-0.05, 0) is 24.5 Å². The summed E-state index contributed by atoms with van der Waals surface area (Å²) in [6.45, 7) is 8.87. The van der Waals surface area contributed by atoms with Gasteiger partial charge in [-0.15, -0.1) is 0 Å². The molecule has 1 nitrogen and oxygen atoms in total. The van der Waals surface area contributed by atoms with Gasteiger partial charge in [-0.1, -0.05) is 57.2 Å². The van der Waals surface area contributed by atoms with Gasteiger partial charge in [0.15, 0.2) is 0 Å². The van der Waals surface area contributed by atoms with Crippen LogP contribution < -0.4 is 4.74 Å². The fourth-order valence-corrected chi connectivity index (χ4v) is 3.00. The Bertz CT molecular complexity index is 638. The lowest BCUT2D eigenvalue weighted by Gasteiger charge is -2.36. The molecule has 2 aromatic rings. The molecule has 2 aromatic carbocycles. The molecule has 0 aliphatic carbocycles. The van der Waals surface area contributed by atoms with Gasteiger partial charge in [0.05, 0.1) is 0 Å². The van der Waals surface area contributed by atoms with Crippen molar-refractivity contribution in [1.29, 1.82) is 0 Å². The Hall–Kier alpha value is -1.76. The van der Waals surface area contributed by atoms with Crippen LogP contribution in [0.2, 0.25) is 0 Å². The quantitative estimate of drug-likeness (QED) is 0.694. The number of ether oxygens (including phenoxy) is 1. The van der Waals surface area contributed by atoms with Gasteiger partial charge in [0.1, 0.15) is 11.5 Å². The number of aryl methyl sites for hydroxylation is 2. The molecule has 1 aliphatic heterocycles. The van der Waals surface area contributed by atoms with Crippen LogP contribution in [0.1, 0.15) is 43.0 Å². The summed E-state index contributed by atoms with van der Waals surface area (Å²) in [4.78, 5) is 0. The molecule has 0 saturated carbocycles. The van der Waals surface area contributed by atoms with Crippen LogP contribution in [0.25, 0.3) is 0 Å². The Morgan fingerprint density at radius 1 is 0.947 bits per heavy atom. The van der Waals surface area contributed by atoms with E-state index in [9.17, 15) is 0 Å². The van der Waals surface area contributed by atoms with Crippen LogP contribution >= 0.6 is 0 Å². The molecule has 0 saturated heterocycles. The van der Waals surface area contributed by atoms with Crippen LogP contribution in [-0.4, -0.2) is 0 Å². The Labute approximate surface area is 115 Å². The van der Waals surface area contributed by atoms with Gasteiger partial charge < -0.3 is 4.74 Å². The van der Waals surface area contributed by atoms with Crippen molar-refractivity contribution in [2.75, 3.05) is 0 Å². The smallest absolute Gasteiger partial charge is 0.134 e. The van der Waals surface area contributed by atoms with Crippen molar-refractivity contribution in [3.05, 3.63) is 58.7 Å². The topological polar surface area (TPSA) is 9.23 Å². The van der Waals surface area contributed by atoms with E-state index in [0.717, 1.165) is 17.9 Å². The first-order valence-electron chi connectivity index (χ1n) is 6.96. The first-order chi connectivity index (χ1) is 9.05. The highest BCUT2D eigenvalue weighted by atomic mass is 16.5. The molecule has 0 fully saturated rings. The summed E-state index contributed by atoms with van der Waals surface area (Å²) in [7, 11) is 0. The van der Waals surface area contributed by atoms with Crippen molar-refractivity contribution < 1.29 is 4.74 Å². The van der Waals surface area contributed by atoms with Crippen molar-refractivity contribution in [3.8, 4) is 11.5 Å². The highest BCUT2D eigenvalue weighted by Gasteiger charge is 2.35. The van der Waals surface area contributed by atoms with Crippen molar-refractivity contribution in [1.82, 2.24) is 0 Å². The van der Waals surface area contributed by atoms with Crippen molar-refractivity contribution in [2.45, 2.75) is 39.5 Å². The molecule has 1 heterocycles. The number of para-hydroxylation sites is 2. The van der Waals surface area contributed by atoms with Gasteiger partial charge in [0.25, 0.3) is 0 Å². The molecular formula is C18H20O. The van der Waals surface area contributed by atoms with Crippen LogP contribution in [-0.2, 0) is 11.8 Å². The van der Waals surface area contributed by atoms with E-state index in [1.165, 1.54) is 22.3 Å². The second kappa shape index (κ2) is 4.12.